The molecule has 2 aromatic heterocycles. The van der Waals surface area contributed by atoms with Crippen LogP contribution in [0.2, 0.25) is 0 Å². The van der Waals surface area contributed by atoms with Crippen LogP contribution in [0.3, 0.4) is 0 Å². The number of benzene rings is 1. The molecule has 1 aliphatic carbocycles. The lowest BCUT2D eigenvalue weighted by Gasteiger charge is -2.19. The van der Waals surface area contributed by atoms with Crippen molar-refractivity contribution in [1.82, 2.24) is 29.4 Å². The molecule has 2 heterocycles. The van der Waals surface area contributed by atoms with Crippen molar-refractivity contribution >= 4 is 5.91 Å². The largest absolute Gasteiger partial charge is 0.482 e. The Morgan fingerprint density at radius 2 is 2.03 bits per heavy atom. The van der Waals surface area contributed by atoms with Crippen molar-refractivity contribution in [3.8, 4) is 11.4 Å². The zero-order chi connectivity index (χ0) is 20.5. The highest BCUT2D eigenvalue weighted by atomic mass is 16.5. The van der Waals surface area contributed by atoms with Crippen LogP contribution in [-0.4, -0.2) is 49.0 Å². The van der Waals surface area contributed by atoms with Gasteiger partial charge in [0.2, 0.25) is 0 Å². The molecule has 0 unspecified atom stereocenters. The number of likely N-dealkylation sites (N-methyl/N-ethyl adjacent to an activating group) is 1. The van der Waals surface area contributed by atoms with Crippen LogP contribution in [0.5, 0.6) is 5.75 Å². The normalized spacial score (nSPS) is 13.5. The van der Waals surface area contributed by atoms with Gasteiger partial charge < -0.3 is 9.64 Å². The van der Waals surface area contributed by atoms with E-state index < -0.39 is 0 Å². The minimum Gasteiger partial charge on any atom is -0.482 e. The number of ether oxygens (including phenoxy) is 1. The number of hydrogen-bond donors (Lipinski definition) is 0. The van der Waals surface area contributed by atoms with E-state index in [0.29, 0.717) is 18.2 Å². The molecule has 1 amide bonds. The average Bonchev–Trinajstić information content (AvgIpc) is 3.40. The summed E-state index contributed by atoms with van der Waals surface area (Å²) in [4.78, 5) is 14.3. The first kappa shape index (κ1) is 19.2. The molecule has 0 bridgehead atoms. The second-order valence-corrected chi connectivity index (χ2v) is 7.61. The zero-order valence-electron chi connectivity index (χ0n) is 17.3. The van der Waals surface area contributed by atoms with Crippen LogP contribution < -0.4 is 4.74 Å². The fourth-order valence-corrected chi connectivity index (χ4v) is 3.45. The lowest BCUT2D eigenvalue weighted by atomic mass is 10.2. The van der Waals surface area contributed by atoms with Crippen molar-refractivity contribution in [2.45, 2.75) is 39.2 Å². The van der Waals surface area contributed by atoms with E-state index in [4.69, 9.17) is 4.74 Å². The van der Waals surface area contributed by atoms with Crippen molar-refractivity contribution in [2.75, 3.05) is 13.7 Å². The highest BCUT2D eigenvalue weighted by molar-refractivity contribution is 5.77. The van der Waals surface area contributed by atoms with Gasteiger partial charge in [0.25, 0.3) is 5.91 Å². The summed E-state index contributed by atoms with van der Waals surface area (Å²) in [5, 5.41) is 12.7. The Balaban J connectivity index is 1.45. The molecule has 1 aromatic carbocycles. The zero-order valence-corrected chi connectivity index (χ0v) is 17.3. The molecule has 1 saturated carbocycles. The molecule has 0 radical (unpaired) electrons. The van der Waals surface area contributed by atoms with E-state index in [-0.39, 0.29) is 12.5 Å². The topological polar surface area (TPSA) is 78.1 Å². The monoisotopic (exact) mass is 394 g/mol. The summed E-state index contributed by atoms with van der Waals surface area (Å²) in [7, 11) is 3.70. The first-order valence-corrected chi connectivity index (χ1v) is 9.81. The highest BCUT2D eigenvalue weighted by Crippen LogP contribution is 2.40. The number of aromatic nitrogens is 5. The van der Waals surface area contributed by atoms with Crippen LogP contribution in [0.1, 0.15) is 41.5 Å². The van der Waals surface area contributed by atoms with Gasteiger partial charge in [-0.2, -0.15) is 5.10 Å². The van der Waals surface area contributed by atoms with E-state index in [9.17, 15) is 4.79 Å². The number of nitrogens with zero attached hydrogens (tertiary/aromatic N) is 6. The fraction of sp³-hybridized carbons (Fsp3) is 0.429. The van der Waals surface area contributed by atoms with Crippen LogP contribution >= 0.6 is 0 Å². The van der Waals surface area contributed by atoms with Gasteiger partial charge in [-0.1, -0.05) is 12.1 Å². The van der Waals surface area contributed by atoms with Gasteiger partial charge in [0.1, 0.15) is 17.9 Å². The minimum atomic E-state index is -0.0892. The van der Waals surface area contributed by atoms with Gasteiger partial charge in [-0.25, -0.2) is 0 Å². The summed E-state index contributed by atoms with van der Waals surface area (Å²) < 4.78 is 9.72. The second-order valence-electron chi connectivity index (χ2n) is 7.61. The maximum Gasteiger partial charge on any atom is 0.260 e. The van der Waals surface area contributed by atoms with E-state index in [2.05, 4.69) is 15.3 Å². The molecule has 8 nitrogen and oxygen atoms in total. The third-order valence-electron chi connectivity index (χ3n) is 5.47. The summed E-state index contributed by atoms with van der Waals surface area (Å²) in [6, 6.07) is 7.67. The van der Waals surface area contributed by atoms with E-state index in [1.165, 1.54) is 0 Å². The van der Waals surface area contributed by atoms with E-state index in [1.54, 1.807) is 18.3 Å². The van der Waals surface area contributed by atoms with Crippen LogP contribution in [0.15, 0.2) is 30.6 Å². The molecule has 29 heavy (non-hydrogen) atoms. The van der Waals surface area contributed by atoms with E-state index in [0.717, 1.165) is 41.3 Å². The highest BCUT2D eigenvalue weighted by Gasteiger charge is 2.29. The Bertz CT molecular complexity index is 1030. The average molecular weight is 394 g/mol. The van der Waals surface area contributed by atoms with Gasteiger partial charge in [-0.3, -0.25) is 14.0 Å². The number of aryl methyl sites for hydroxylation is 2. The first-order chi connectivity index (χ1) is 14.0. The molecule has 0 saturated heterocycles. The summed E-state index contributed by atoms with van der Waals surface area (Å²) in [5.41, 5.74) is 3.93. The molecule has 0 aliphatic heterocycles. The summed E-state index contributed by atoms with van der Waals surface area (Å²) in [6.07, 6.45) is 3.98. The number of carbonyl (C=O) groups is 1. The van der Waals surface area contributed by atoms with Crippen LogP contribution in [0.4, 0.5) is 0 Å². The molecule has 0 N–H and O–H groups in total. The van der Waals surface area contributed by atoms with Gasteiger partial charge in [-0.05, 0) is 38.8 Å². The van der Waals surface area contributed by atoms with Crippen LogP contribution in [0, 0.1) is 13.8 Å². The summed E-state index contributed by atoms with van der Waals surface area (Å²) in [6.45, 7) is 4.44. The Labute approximate surface area is 170 Å². The molecule has 1 fully saturated rings. The van der Waals surface area contributed by atoms with Crippen LogP contribution in [-0.2, 0) is 18.4 Å². The Morgan fingerprint density at radius 1 is 1.28 bits per heavy atom. The van der Waals surface area contributed by atoms with Crippen LogP contribution in [0.25, 0.3) is 5.69 Å². The molecule has 152 valence electrons. The van der Waals surface area contributed by atoms with Crippen molar-refractivity contribution in [2.24, 2.45) is 7.05 Å². The predicted octanol–water partition coefficient (Wildman–Crippen LogP) is 2.53. The third kappa shape index (κ3) is 3.87. The van der Waals surface area contributed by atoms with Crippen molar-refractivity contribution in [3.05, 3.63) is 53.4 Å². The molecule has 8 heteroatoms. The molecular formula is C21H26N6O2. The Hall–Kier alpha value is -3.16. The molecular weight excluding hydrogens is 368 g/mol. The maximum absolute atomic E-state index is 12.7. The number of hydrogen-bond acceptors (Lipinski definition) is 5. The van der Waals surface area contributed by atoms with Gasteiger partial charge in [0, 0.05) is 37.8 Å². The number of para-hydroxylation sites is 2. The predicted molar refractivity (Wildman–Crippen MR) is 108 cm³/mol. The lowest BCUT2D eigenvalue weighted by molar-refractivity contribution is -0.132. The summed E-state index contributed by atoms with van der Waals surface area (Å²) >= 11 is 0. The molecule has 1 aliphatic rings. The number of rotatable bonds is 7. The van der Waals surface area contributed by atoms with E-state index in [1.807, 2.05) is 54.4 Å². The fourth-order valence-electron chi connectivity index (χ4n) is 3.45. The van der Waals surface area contributed by atoms with Gasteiger partial charge >= 0.3 is 0 Å². The SMILES string of the molecule is Cc1nn(C)c(C)c1CN(C)C(=O)COc1ccccc1-n1cnnc1C1CC1. The van der Waals surface area contributed by atoms with Crippen molar-refractivity contribution in [1.29, 1.82) is 0 Å². The quantitative estimate of drug-likeness (QED) is 0.615. The smallest absolute Gasteiger partial charge is 0.260 e. The third-order valence-corrected chi connectivity index (χ3v) is 5.47. The van der Waals surface area contributed by atoms with E-state index >= 15 is 0 Å². The van der Waals surface area contributed by atoms with Gasteiger partial charge in [-0.15, -0.1) is 10.2 Å². The minimum absolute atomic E-state index is 0.0350. The maximum atomic E-state index is 12.7. The number of amides is 1. The Morgan fingerprint density at radius 3 is 2.72 bits per heavy atom. The van der Waals surface area contributed by atoms with Crippen molar-refractivity contribution < 1.29 is 9.53 Å². The molecule has 4 rings (SSSR count). The van der Waals surface area contributed by atoms with Gasteiger partial charge in [0.05, 0.1) is 11.4 Å². The van der Waals surface area contributed by atoms with Gasteiger partial charge in [0.15, 0.2) is 6.61 Å². The standard InChI is InChI=1S/C21H26N6O2/c1-14-17(15(2)26(4)24-14)11-25(3)20(28)12-29-19-8-6-5-7-18(19)27-13-22-23-21(27)16-9-10-16/h5-8,13,16H,9-12H2,1-4H3. The molecule has 3 aromatic rings. The number of carbonyl (C=O) groups excluding carboxylic acids is 1. The summed E-state index contributed by atoms with van der Waals surface area (Å²) in [5.74, 6) is 1.97. The lowest BCUT2D eigenvalue weighted by Crippen LogP contribution is -2.31. The molecule has 0 spiro atoms. The van der Waals surface area contributed by atoms with Crippen molar-refractivity contribution in [3.63, 3.8) is 0 Å². The molecule has 0 atom stereocenters. The first-order valence-electron chi connectivity index (χ1n) is 9.81. The Kier molecular flexibility index (Phi) is 5.08. The second kappa shape index (κ2) is 7.69.